The van der Waals surface area contributed by atoms with E-state index >= 15 is 0 Å². The van der Waals surface area contributed by atoms with Crippen LogP contribution in [0.4, 0.5) is 11.5 Å². The third-order valence-electron chi connectivity index (χ3n) is 4.42. The Morgan fingerprint density at radius 2 is 1.70 bits per heavy atom. The lowest BCUT2D eigenvalue weighted by Gasteiger charge is -2.11. The predicted molar refractivity (Wildman–Crippen MR) is 106 cm³/mol. The quantitative estimate of drug-likeness (QED) is 0.532. The molecule has 0 aliphatic carbocycles. The van der Waals surface area contributed by atoms with Gasteiger partial charge in [-0.15, -0.1) is 5.10 Å². The van der Waals surface area contributed by atoms with Gasteiger partial charge in [-0.2, -0.15) is 5.10 Å². The molecule has 0 unspecified atom stereocenters. The second-order valence-corrected chi connectivity index (χ2v) is 6.34. The zero-order valence-corrected chi connectivity index (χ0v) is 14.9. The average molecular weight is 354 g/mol. The first-order valence-corrected chi connectivity index (χ1v) is 8.72. The first-order valence-electron chi connectivity index (χ1n) is 8.72. The van der Waals surface area contributed by atoms with Crippen molar-refractivity contribution in [1.29, 1.82) is 0 Å². The Morgan fingerprint density at radius 3 is 2.48 bits per heavy atom. The van der Waals surface area contributed by atoms with Gasteiger partial charge in [-0.25, -0.2) is 0 Å². The van der Waals surface area contributed by atoms with Gasteiger partial charge < -0.3 is 5.32 Å². The summed E-state index contributed by atoms with van der Waals surface area (Å²) in [6, 6.07) is 19.4. The third kappa shape index (κ3) is 3.67. The standard InChI is InChI=1S/C22H18N4O/c1-15(27)17-5-4-6-18(14-17)24-22-20-8-3-2-7-19(20)21(25-26-22)13-16-9-11-23-12-10-16/h2-12,14H,13H2,1H3,(H,24,26). The van der Waals surface area contributed by atoms with Crippen LogP contribution in [-0.4, -0.2) is 21.0 Å². The summed E-state index contributed by atoms with van der Waals surface area (Å²) in [4.78, 5) is 15.7. The van der Waals surface area contributed by atoms with Gasteiger partial charge >= 0.3 is 0 Å². The van der Waals surface area contributed by atoms with Crippen molar-refractivity contribution < 1.29 is 4.79 Å². The van der Waals surface area contributed by atoms with E-state index in [1.54, 1.807) is 25.4 Å². The highest BCUT2D eigenvalue weighted by Gasteiger charge is 2.10. The van der Waals surface area contributed by atoms with Gasteiger partial charge in [-0.1, -0.05) is 36.4 Å². The minimum absolute atomic E-state index is 0.0299. The molecule has 0 spiro atoms. The molecule has 132 valence electrons. The van der Waals surface area contributed by atoms with Gasteiger partial charge in [0, 0.05) is 40.8 Å². The minimum atomic E-state index is 0.0299. The molecule has 0 saturated heterocycles. The van der Waals surface area contributed by atoms with Gasteiger partial charge in [0.1, 0.15) is 0 Å². The number of aromatic nitrogens is 3. The smallest absolute Gasteiger partial charge is 0.160 e. The summed E-state index contributed by atoms with van der Waals surface area (Å²) in [6.07, 6.45) is 4.25. The van der Waals surface area contributed by atoms with Crippen LogP contribution < -0.4 is 5.32 Å². The molecule has 4 aromatic rings. The molecular weight excluding hydrogens is 336 g/mol. The molecule has 2 heterocycles. The number of nitrogens with one attached hydrogen (secondary N) is 1. The highest BCUT2D eigenvalue weighted by Crippen LogP contribution is 2.27. The Bertz CT molecular complexity index is 1110. The number of carbonyl (C=O) groups excluding carboxylic acids is 1. The summed E-state index contributed by atoms with van der Waals surface area (Å²) in [5.74, 6) is 0.701. The number of carbonyl (C=O) groups is 1. The minimum Gasteiger partial charge on any atom is -0.338 e. The Balaban J connectivity index is 1.72. The number of anilines is 2. The van der Waals surface area contributed by atoms with Gasteiger partial charge in [0.05, 0.1) is 5.69 Å². The maximum Gasteiger partial charge on any atom is 0.160 e. The molecule has 27 heavy (non-hydrogen) atoms. The number of ketones is 1. The lowest BCUT2D eigenvalue weighted by molar-refractivity contribution is 0.101. The number of fused-ring (bicyclic) bond motifs is 1. The van der Waals surface area contributed by atoms with Gasteiger partial charge in [-0.3, -0.25) is 9.78 Å². The molecule has 1 N–H and O–H groups in total. The SMILES string of the molecule is CC(=O)c1cccc(Nc2nnc(Cc3ccncc3)c3ccccc23)c1. The molecular formula is C22H18N4O. The highest BCUT2D eigenvalue weighted by atomic mass is 16.1. The summed E-state index contributed by atoms with van der Waals surface area (Å²) in [7, 11) is 0. The molecule has 0 aliphatic heterocycles. The van der Waals surface area contributed by atoms with Crippen LogP contribution in [0.2, 0.25) is 0 Å². The number of rotatable bonds is 5. The topological polar surface area (TPSA) is 67.8 Å². The number of nitrogens with zero attached hydrogens (tertiary/aromatic N) is 3. The van der Waals surface area contributed by atoms with E-state index in [1.165, 1.54) is 0 Å². The second-order valence-electron chi connectivity index (χ2n) is 6.34. The Kier molecular flexibility index (Phi) is 4.58. The molecule has 5 heteroatoms. The van der Waals surface area contributed by atoms with Crippen LogP contribution in [-0.2, 0) is 6.42 Å². The lowest BCUT2D eigenvalue weighted by Crippen LogP contribution is -2.02. The van der Waals surface area contributed by atoms with Gasteiger partial charge in [0.25, 0.3) is 0 Å². The molecule has 0 aliphatic rings. The first-order chi connectivity index (χ1) is 13.2. The summed E-state index contributed by atoms with van der Waals surface area (Å²) in [5.41, 5.74) is 3.52. The van der Waals surface area contributed by atoms with Crippen molar-refractivity contribution in [2.24, 2.45) is 0 Å². The zero-order chi connectivity index (χ0) is 18.6. The maximum absolute atomic E-state index is 11.6. The molecule has 4 rings (SSSR count). The number of hydrogen-bond acceptors (Lipinski definition) is 5. The maximum atomic E-state index is 11.6. The zero-order valence-electron chi connectivity index (χ0n) is 14.9. The van der Waals surface area contributed by atoms with Crippen LogP contribution >= 0.6 is 0 Å². The molecule has 0 amide bonds. The molecule has 0 atom stereocenters. The molecule has 0 radical (unpaired) electrons. The van der Waals surface area contributed by atoms with Crippen LogP contribution in [0.5, 0.6) is 0 Å². The van der Waals surface area contributed by atoms with Crippen molar-refractivity contribution in [2.75, 3.05) is 5.32 Å². The molecule has 0 fully saturated rings. The largest absolute Gasteiger partial charge is 0.338 e. The van der Waals surface area contributed by atoms with E-state index in [9.17, 15) is 4.79 Å². The molecule has 0 saturated carbocycles. The molecule has 5 nitrogen and oxygen atoms in total. The predicted octanol–water partition coefficient (Wildman–Crippen LogP) is 4.56. The highest BCUT2D eigenvalue weighted by molar-refractivity contribution is 5.97. The number of hydrogen-bond donors (Lipinski definition) is 1. The van der Waals surface area contributed by atoms with E-state index in [0.717, 1.165) is 27.7 Å². The second kappa shape index (κ2) is 7.33. The number of pyridine rings is 1. The Labute approximate surface area is 157 Å². The van der Waals surface area contributed by atoms with Crippen molar-refractivity contribution in [1.82, 2.24) is 15.2 Å². The van der Waals surface area contributed by atoms with Crippen molar-refractivity contribution in [3.63, 3.8) is 0 Å². The van der Waals surface area contributed by atoms with E-state index in [1.807, 2.05) is 48.5 Å². The van der Waals surface area contributed by atoms with Crippen molar-refractivity contribution >= 4 is 28.1 Å². The van der Waals surface area contributed by atoms with Crippen LogP contribution in [0.3, 0.4) is 0 Å². The normalized spacial score (nSPS) is 10.7. The van der Waals surface area contributed by atoms with E-state index < -0.39 is 0 Å². The molecule has 0 bridgehead atoms. The van der Waals surface area contributed by atoms with Gasteiger partial charge in [0.15, 0.2) is 11.6 Å². The Morgan fingerprint density at radius 1 is 0.926 bits per heavy atom. The van der Waals surface area contributed by atoms with Crippen LogP contribution in [0.15, 0.2) is 73.1 Å². The number of benzene rings is 2. The molecule has 2 aromatic heterocycles. The summed E-state index contributed by atoms with van der Waals surface area (Å²) in [5, 5.41) is 14.2. The summed E-state index contributed by atoms with van der Waals surface area (Å²) in [6.45, 7) is 1.56. The van der Waals surface area contributed by atoms with Crippen LogP contribution in [0.25, 0.3) is 10.8 Å². The van der Waals surface area contributed by atoms with E-state index in [4.69, 9.17) is 0 Å². The fourth-order valence-corrected chi connectivity index (χ4v) is 3.03. The molecule has 2 aromatic carbocycles. The fraction of sp³-hybridized carbons (Fsp3) is 0.0909. The van der Waals surface area contributed by atoms with Crippen molar-refractivity contribution in [3.8, 4) is 0 Å². The van der Waals surface area contributed by atoms with Crippen LogP contribution in [0.1, 0.15) is 28.5 Å². The lowest BCUT2D eigenvalue weighted by atomic mass is 10.0. The van der Waals surface area contributed by atoms with Crippen LogP contribution in [0, 0.1) is 0 Å². The van der Waals surface area contributed by atoms with Crippen molar-refractivity contribution in [2.45, 2.75) is 13.3 Å². The van der Waals surface area contributed by atoms with E-state index in [0.29, 0.717) is 17.8 Å². The fourth-order valence-electron chi connectivity index (χ4n) is 3.03. The first kappa shape index (κ1) is 16.8. The summed E-state index contributed by atoms with van der Waals surface area (Å²) >= 11 is 0. The summed E-state index contributed by atoms with van der Waals surface area (Å²) < 4.78 is 0. The van der Waals surface area contributed by atoms with E-state index in [2.05, 4.69) is 26.6 Å². The number of Topliss-reactive ketones (excluding diaryl/α,β-unsaturated/α-hetero) is 1. The van der Waals surface area contributed by atoms with E-state index in [-0.39, 0.29) is 5.78 Å². The van der Waals surface area contributed by atoms with Gasteiger partial charge in [-0.05, 0) is 36.8 Å². The monoisotopic (exact) mass is 354 g/mol. The van der Waals surface area contributed by atoms with Crippen molar-refractivity contribution in [3.05, 3.63) is 89.9 Å². The Hall–Kier alpha value is -3.60. The average Bonchev–Trinajstić information content (AvgIpc) is 2.71. The third-order valence-corrected chi connectivity index (χ3v) is 4.42. The van der Waals surface area contributed by atoms with Gasteiger partial charge in [0.2, 0.25) is 0 Å².